The van der Waals surface area contributed by atoms with Crippen LogP contribution in [0.25, 0.3) is 11.5 Å². The maximum atomic E-state index is 12.7. The third-order valence-electron chi connectivity index (χ3n) is 5.44. The number of anilines is 3. The molecule has 3 heterocycles. The summed E-state index contributed by atoms with van der Waals surface area (Å²) in [6.45, 7) is 14.3. The lowest BCUT2D eigenvalue weighted by Gasteiger charge is -2.18. The van der Waals surface area contributed by atoms with Gasteiger partial charge < -0.3 is 24.5 Å². The Morgan fingerprint density at radius 3 is 2.56 bits per heavy atom. The normalized spacial score (nSPS) is 11.3. The van der Waals surface area contributed by atoms with Crippen molar-refractivity contribution in [3.05, 3.63) is 53.3 Å². The monoisotopic (exact) mass is 536 g/mol. The van der Waals surface area contributed by atoms with Gasteiger partial charge in [0.2, 0.25) is 11.8 Å². The number of carbonyl (C=O) groups excluding carboxylic acids is 1. The van der Waals surface area contributed by atoms with Crippen molar-refractivity contribution in [3.63, 3.8) is 0 Å². The van der Waals surface area contributed by atoms with E-state index in [1.54, 1.807) is 32.0 Å². The molecule has 0 aliphatic heterocycles. The second kappa shape index (κ2) is 13.4. The van der Waals surface area contributed by atoms with Gasteiger partial charge in [0.1, 0.15) is 5.56 Å². The van der Waals surface area contributed by atoms with E-state index in [9.17, 15) is 4.79 Å². The average molecular weight is 537 g/mol. The molecule has 0 fully saturated rings. The topological polar surface area (TPSA) is 142 Å². The van der Waals surface area contributed by atoms with Crippen LogP contribution >= 0.6 is 0 Å². The highest BCUT2D eigenvalue weighted by Crippen LogP contribution is 2.37. The first-order valence-corrected chi connectivity index (χ1v) is 12.8. The highest BCUT2D eigenvalue weighted by Gasteiger charge is 2.21. The third kappa shape index (κ3) is 7.09. The van der Waals surface area contributed by atoms with E-state index in [0.717, 1.165) is 11.4 Å². The second-order valence-electron chi connectivity index (χ2n) is 8.47. The maximum Gasteiger partial charge on any atom is 0.343 e. The van der Waals surface area contributed by atoms with Crippen LogP contribution in [0.4, 0.5) is 17.5 Å². The Morgan fingerprint density at radius 1 is 1.18 bits per heavy atom. The summed E-state index contributed by atoms with van der Waals surface area (Å²) in [6.07, 6.45) is 1.43. The first-order valence-electron chi connectivity index (χ1n) is 12.8. The Hall–Kier alpha value is -4.48. The summed E-state index contributed by atoms with van der Waals surface area (Å²) in [4.78, 5) is 21.6. The minimum atomic E-state index is -0.546. The molecular weight excluding hydrogens is 500 g/mol. The lowest BCUT2D eigenvalue weighted by Crippen LogP contribution is -2.25. The van der Waals surface area contributed by atoms with Gasteiger partial charge in [-0.1, -0.05) is 19.9 Å². The molecule has 0 aliphatic rings. The summed E-state index contributed by atoms with van der Waals surface area (Å²) in [5.74, 6) is 1.24. The zero-order valence-corrected chi connectivity index (χ0v) is 23.7. The summed E-state index contributed by atoms with van der Waals surface area (Å²) in [7, 11) is 1.53. The van der Waals surface area contributed by atoms with E-state index in [1.165, 1.54) is 13.3 Å². The molecule has 0 amide bonds. The first-order chi connectivity index (χ1) is 18.8. The van der Waals surface area contributed by atoms with Gasteiger partial charge in [0, 0.05) is 24.9 Å². The SMILES string of the molecule is CC.CCOC(=O)c1cnc(NC(C)Cn2nc(C)cc2C)nc1Nc1cccc(-c2nnc(C)o2)c1OC. The van der Waals surface area contributed by atoms with Gasteiger partial charge in [0.25, 0.3) is 5.89 Å². The highest BCUT2D eigenvalue weighted by molar-refractivity contribution is 5.95. The fraction of sp³-hybridized carbons (Fsp3) is 0.407. The van der Waals surface area contributed by atoms with E-state index in [4.69, 9.17) is 13.9 Å². The Labute approximate surface area is 228 Å². The van der Waals surface area contributed by atoms with Crippen LogP contribution < -0.4 is 15.4 Å². The number of nitrogens with zero attached hydrogens (tertiary/aromatic N) is 6. The summed E-state index contributed by atoms with van der Waals surface area (Å²) >= 11 is 0. The van der Waals surface area contributed by atoms with Crippen LogP contribution in [0.15, 0.2) is 34.9 Å². The lowest BCUT2D eigenvalue weighted by atomic mass is 10.1. The van der Waals surface area contributed by atoms with E-state index in [2.05, 4.69) is 35.9 Å². The molecule has 0 saturated carbocycles. The summed E-state index contributed by atoms with van der Waals surface area (Å²) in [5.41, 5.74) is 3.34. The molecule has 4 rings (SSSR count). The predicted octanol–water partition coefficient (Wildman–Crippen LogP) is 5.10. The molecule has 1 unspecified atom stereocenters. The molecule has 0 spiro atoms. The highest BCUT2D eigenvalue weighted by atomic mass is 16.5. The Kier molecular flexibility index (Phi) is 9.96. The van der Waals surface area contributed by atoms with Crippen LogP contribution in [0.5, 0.6) is 5.75 Å². The number of rotatable bonds is 10. The zero-order valence-electron chi connectivity index (χ0n) is 23.7. The van der Waals surface area contributed by atoms with E-state index < -0.39 is 5.97 Å². The van der Waals surface area contributed by atoms with Crippen molar-refractivity contribution in [2.75, 3.05) is 24.4 Å². The second-order valence-corrected chi connectivity index (χ2v) is 8.47. The number of hydrogen-bond donors (Lipinski definition) is 2. The zero-order chi connectivity index (χ0) is 28.5. The number of benzene rings is 1. The number of hydrogen-bond acceptors (Lipinski definition) is 11. The number of para-hydroxylation sites is 1. The van der Waals surface area contributed by atoms with Gasteiger partial charge in [-0.2, -0.15) is 10.1 Å². The van der Waals surface area contributed by atoms with Gasteiger partial charge in [-0.15, -0.1) is 10.2 Å². The maximum absolute atomic E-state index is 12.7. The van der Waals surface area contributed by atoms with Crippen molar-refractivity contribution in [2.45, 2.75) is 61.1 Å². The standard InChI is InChI=1S/C25H30N8O4.C2H6/c1-7-36-24(34)19-12-26-25(27-15(3)13-33-16(4)11-14(2)32-33)29-22(19)28-20-10-8-9-18(21(20)35-6)23-31-30-17(5)37-23;1-2/h8-12,15H,7,13H2,1-6H3,(H2,26,27,28,29);1-2H3. The van der Waals surface area contributed by atoms with Crippen LogP contribution in [0, 0.1) is 20.8 Å². The molecule has 3 aromatic heterocycles. The van der Waals surface area contributed by atoms with Crippen molar-refractivity contribution < 1.29 is 18.7 Å². The minimum absolute atomic E-state index is 0.0436. The molecule has 0 bridgehead atoms. The Bertz CT molecular complexity index is 1400. The van der Waals surface area contributed by atoms with E-state index >= 15 is 0 Å². The van der Waals surface area contributed by atoms with E-state index in [-0.39, 0.29) is 24.0 Å². The van der Waals surface area contributed by atoms with Crippen LogP contribution in [-0.4, -0.2) is 55.7 Å². The van der Waals surface area contributed by atoms with Crippen molar-refractivity contribution in [3.8, 4) is 17.2 Å². The van der Waals surface area contributed by atoms with Crippen LogP contribution in [0.3, 0.4) is 0 Å². The van der Waals surface area contributed by atoms with Crippen LogP contribution in [0.1, 0.15) is 55.3 Å². The van der Waals surface area contributed by atoms with E-state index in [1.807, 2.05) is 45.4 Å². The molecule has 0 radical (unpaired) electrons. The van der Waals surface area contributed by atoms with Gasteiger partial charge in [-0.05, 0) is 45.9 Å². The summed E-state index contributed by atoms with van der Waals surface area (Å²) < 4.78 is 18.4. The molecule has 2 N–H and O–H groups in total. The van der Waals surface area contributed by atoms with Crippen LogP contribution in [0.2, 0.25) is 0 Å². The Balaban J connectivity index is 0.00000205. The molecular formula is C27H36N8O4. The Morgan fingerprint density at radius 2 is 1.95 bits per heavy atom. The molecule has 0 aliphatic carbocycles. The van der Waals surface area contributed by atoms with Crippen molar-refractivity contribution >= 4 is 23.4 Å². The van der Waals surface area contributed by atoms with Crippen molar-refractivity contribution in [1.82, 2.24) is 29.9 Å². The number of methoxy groups -OCH3 is 1. The molecule has 0 saturated heterocycles. The van der Waals surface area contributed by atoms with Gasteiger partial charge in [-0.3, -0.25) is 4.68 Å². The van der Waals surface area contributed by atoms with Gasteiger partial charge >= 0.3 is 5.97 Å². The lowest BCUT2D eigenvalue weighted by molar-refractivity contribution is 0.0526. The number of esters is 1. The van der Waals surface area contributed by atoms with Crippen LogP contribution in [-0.2, 0) is 11.3 Å². The van der Waals surface area contributed by atoms with Crippen molar-refractivity contribution in [1.29, 1.82) is 0 Å². The molecule has 39 heavy (non-hydrogen) atoms. The number of aromatic nitrogens is 6. The molecule has 4 aromatic rings. The van der Waals surface area contributed by atoms with Gasteiger partial charge in [0.05, 0.1) is 37.2 Å². The van der Waals surface area contributed by atoms with Gasteiger partial charge in [0.15, 0.2) is 11.6 Å². The predicted molar refractivity (Wildman–Crippen MR) is 148 cm³/mol. The van der Waals surface area contributed by atoms with E-state index in [0.29, 0.717) is 41.3 Å². The number of aryl methyl sites for hydroxylation is 3. The fourth-order valence-corrected chi connectivity index (χ4v) is 3.85. The molecule has 12 heteroatoms. The number of carbonyl (C=O) groups is 1. The fourth-order valence-electron chi connectivity index (χ4n) is 3.85. The quantitative estimate of drug-likeness (QED) is 0.261. The van der Waals surface area contributed by atoms with Crippen molar-refractivity contribution in [2.24, 2.45) is 0 Å². The minimum Gasteiger partial charge on any atom is -0.494 e. The molecule has 1 aromatic carbocycles. The number of ether oxygens (including phenoxy) is 2. The molecule has 12 nitrogen and oxygen atoms in total. The van der Waals surface area contributed by atoms with Gasteiger partial charge in [-0.25, -0.2) is 9.78 Å². The first kappa shape index (κ1) is 29.1. The third-order valence-corrected chi connectivity index (χ3v) is 5.44. The molecule has 208 valence electrons. The average Bonchev–Trinajstić information content (AvgIpc) is 3.48. The summed E-state index contributed by atoms with van der Waals surface area (Å²) in [5, 5.41) is 19.0. The largest absolute Gasteiger partial charge is 0.494 e. The summed E-state index contributed by atoms with van der Waals surface area (Å²) in [6, 6.07) is 7.38. The number of nitrogens with one attached hydrogen (secondary N) is 2. The molecule has 1 atom stereocenters. The smallest absolute Gasteiger partial charge is 0.343 e.